The maximum Gasteiger partial charge on any atom is 0.0423 e. The van der Waals surface area contributed by atoms with E-state index >= 15 is 0 Å². The Bertz CT molecular complexity index is 206. The van der Waals surface area contributed by atoms with Gasteiger partial charge in [0.05, 0.1) is 0 Å². The molecule has 1 rings (SSSR count). The summed E-state index contributed by atoms with van der Waals surface area (Å²) in [4.78, 5) is 0. The molecule has 0 aliphatic carbocycles. The minimum absolute atomic E-state index is 1.15. The predicted octanol–water partition coefficient (Wildman–Crippen LogP) is 2.38. The van der Waals surface area contributed by atoms with E-state index in [0.717, 1.165) is 5.56 Å². The zero-order valence-corrected chi connectivity index (χ0v) is 6.64. The standard InChI is InChI=1S/C8H9NS/c1-10-9-7-8-5-3-2-4-6-8/h2-7H,1H3/b9-7+. The van der Waals surface area contributed by atoms with Crippen molar-refractivity contribution in [3.05, 3.63) is 35.9 Å². The molecule has 0 atom stereocenters. The van der Waals surface area contributed by atoms with E-state index in [1.165, 1.54) is 11.9 Å². The third kappa shape index (κ3) is 2.23. The molecule has 0 amide bonds. The molecule has 1 aromatic rings. The molecule has 52 valence electrons. The zero-order valence-electron chi connectivity index (χ0n) is 5.82. The van der Waals surface area contributed by atoms with Gasteiger partial charge in [-0.05, 0) is 17.5 Å². The van der Waals surface area contributed by atoms with Gasteiger partial charge < -0.3 is 0 Å². The minimum Gasteiger partial charge on any atom is -0.224 e. The molecular formula is C8H9NS. The van der Waals surface area contributed by atoms with Crippen molar-refractivity contribution in [3.63, 3.8) is 0 Å². The Kier molecular flexibility index (Phi) is 3.03. The van der Waals surface area contributed by atoms with Crippen LogP contribution in [0.2, 0.25) is 0 Å². The molecule has 1 nitrogen and oxygen atoms in total. The summed E-state index contributed by atoms with van der Waals surface area (Å²) in [6, 6.07) is 10.1. The lowest BCUT2D eigenvalue weighted by atomic mass is 10.2. The van der Waals surface area contributed by atoms with Gasteiger partial charge in [0.1, 0.15) is 0 Å². The Morgan fingerprint density at radius 2 is 2.00 bits per heavy atom. The molecule has 0 aromatic heterocycles. The van der Waals surface area contributed by atoms with E-state index in [9.17, 15) is 0 Å². The number of hydrogen-bond acceptors (Lipinski definition) is 2. The molecule has 0 fully saturated rings. The summed E-state index contributed by atoms with van der Waals surface area (Å²) in [5, 5.41) is 0. The van der Waals surface area contributed by atoms with Gasteiger partial charge in [-0.3, -0.25) is 0 Å². The predicted molar refractivity (Wildman–Crippen MR) is 47.6 cm³/mol. The Labute approximate surface area is 65.3 Å². The van der Waals surface area contributed by atoms with Gasteiger partial charge in [0, 0.05) is 12.5 Å². The number of nitrogens with zero attached hydrogens (tertiary/aromatic N) is 1. The van der Waals surface area contributed by atoms with Gasteiger partial charge in [-0.15, -0.1) is 0 Å². The highest BCUT2D eigenvalue weighted by Gasteiger charge is 1.80. The van der Waals surface area contributed by atoms with Crippen molar-refractivity contribution in [2.24, 2.45) is 4.40 Å². The molecule has 0 unspecified atom stereocenters. The van der Waals surface area contributed by atoms with E-state index < -0.39 is 0 Å². The van der Waals surface area contributed by atoms with Gasteiger partial charge in [0.15, 0.2) is 0 Å². The second-order valence-electron chi connectivity index (χ2n) is 1.83. The molecule has 0 aliphatic rings. The monoisotopic (exact) mass is 151 g/mol. The van der Waals surface area contributed by atoms with Crippen molar-refractivity contribution in [3.8, 4) is 0 Å². The quantitative estimate of drug-likeness (QED) is 0.467. The summed E-state index contributed by atoms with van der Waals surface area (Å²) in [6.45, 7) is 0. The lowest BCUT2D eigenvalue weighted by Crippen LogP contribution is -1.75. The lowest BCUT2D eigenvalue weighted by Gasteiger charge is -1.87. The van der Waals surface area contributed by atoms with Crippen LogP contribution in [0.1, 0.15) is 5.56 Å². The van der Waals surface area contributed by atoms with Crippen molar-refractivity contribution < 1.29 is 0 Å². The van der Waals surface area contributed by atoms with Crippen LogP contribution in [-0.2, 0) is 0 Å². The molecule has 10 heavy (non-hydrogen) atoms. The van der Waals surface area contributed by atoms with Crippen molar-refractivity contribution in [2.45, 2.75) is 0 Å². The van der Waals surface area contributed by atoms with Crippen LogP contribution in [0, 0.1) is 0 Å². The Morgan fingerprint density at radius 1 is 1.30 bits per heavy atom. The number of hydrogen-bond donors (Lipinski definition) is 0. The van der Waals surface area contributed by atoms with Gasteiger partial charge in [-0.2, -0.15) is 0 Å². The van der Waals surface area contributed by atoms with E-state index in [-0.39, 0.29) is 0 Å². The SMILES string of the molecule is CS/N=C/c1ccccc1. The van der Waals surface area contributed by atoms with E-state index in [0.29, 0.717) is 0 Å². The molecule has 0 heterocycles. The van der Waals surface area contributed by atoms with Crippen molar-refractivity contribution in [1.29, 1.82) is 0 Å². The number of rotatable bonds is 2. The van der Waals surface area contributed by atoms with Gasteiger partial charge in [-0.1, -0.05) is 30.3 Å². The zero-order chi connectivity index (χ0) is 7.23. The van der Waals surface area contributed by atoms with Gasteiger partial charge in [0.25, 0.3) is 0 Å². The minimum atomic E-state index is 1.15. The first-order valence-electron chi connectivity index (χ1n) is 3.05. The van der Waals surface area contributed by atoms with Crippen molar-refractivity contribution in [2.75, 3.05) is 6.26 Å². The van der Waals surface area contributed by atoms with E-state index in [2.05, 4.69) is 4.40 Å². The van der Waals surface area contributed by atoms with E-state index in [1.807, 2.05) is 42.8 Å². The van der Waals surface area contributed by atoms with E-state index in [4.69, 9.17) is 0 Å². The molecule has 0 saturated carbocycles. The highest BCUT2D eigenvalue weighted by Crippen LogP contribution is 1.97. The molecule has 0 bridgehead atoms. The van der Waals surface area contributed by atoms with Crippen LogP contribution in [0.15, 0.2) is 34.7 Å². The average Bonchev–Trinajstić information content (AvgIpc) is 2.03. The molecule has 0 spiro atoms. The summed E-state index contributed by atoms with van der Waals surface area (Å²) in [7, 11) is 0. The second-order valence-corrected chi connectivity index (χ2v) is 2.40. The Balaban J connectivity index is 2.67. The fraction of sp³-hybridized carbons (Fsp3) is 0.125. The third-order valence-corrected chi connectivity index (χ3v) is 1.42. The van der Waals surface area contributed by atoms with Crippen molar-refractivity contribution >= 4 is 18.2 Å². The molecule has 1 aromatic carbocycles. The topological polar surface area (TPSA) is 12.4 Å². The van der Waals surface area contributed by atoms with Crippen LogP contribution in [0.3, 0.4) is 0 Å². The normalized spacial score (nSPS) is 10.5. The highest BCUT2D eigenvalue weighted by atomic mass is 32.2. The van der Waals surface area contributed by atoms with Crippen molar-refractivity contribution in [1.82, 2.24) is 0 Å². The molecule has 0 N–H and O–H groups in total. The summed E-state index contributed by atoms with van der Waals surface area (Å²) >= 11 is 1.47. The van der Waals surface area contributed by atoms with Crippen LogP contribution in [0.4, 0.5) is 0 Å². The summed E-state index contributed by atoms with van der Waals surface area (Å²) in [6.07, 6.45) is 3.80. The van der Waals surface area contributed by atoms with Gasteiger partial charge in [0.2, 0.25) is 0 Å². The maximum absolute atomic E-state index is 4.03. The first-order chi connectivity index (χ1) is 4.93. The molecule has 0 aliphatic heterocycles. The molecule has 0 saturated heterocycles. The fourth-order valence-corrected chi connectivity index (χ4v) is 0.880. The highest BCUT2D eigenvalue weighted by molar-refractivity contribution is 7.97. The van der Waals surface area contributed by atoms with Gasteiger partial charge >= 0.3 is 0 Å². The van der Waals surface area contributed by atoms with Gasteiger partial charge in [-0.25, -0.2) is 4.40 Å². The first kappa shape index (κ1) is 7.35. The maximum atomic E-state index is 4.03. The third-order valence-electron chi connectivity index (χ3n) is 1.11. The summed E-state index contributed by atoms with van der Waals surface area (Å²) < 4.78 is 4.03. The van der Waals surface area contributed by atoms with Crippen LogP contribution >= 0.6 is 11.9 Å². The Morgan fingerprint density at radius 3 is 2.60 bits per heavy atom. The fourth-order valence-electron chi connectivity index (χ4n) is 0.653. The average molecular weight is 151 g/mol. The summed E-state index contributed by atoms with van der Waals surface area (Å²) in [5.74, 6) is 0. The summed E-state index contributed by atoms with van der Waals surface area (Å²) in [5.41, 5.74) is 1.15. The van der Waals surface area contributed by atoms with Crippen LogP contribution in [0.5, 0.6) is 0 Å². The first-order valence-corrected chi connectivity index (χ1v) is 4.23. The second kappa shape index (κ2) is 4.12. The molecule has 0 radical (unpaired) electrons. The number of benzene rings is 1. The smallest absolute Gasteiger partial charge is 0.0423 e. The molecule has 2 heteroatoms. The largest absolute Gasteiger partial charge is 0.224 e. The van der Waals surface area contributed by atoms with Crippen LogP contribution < -0.4 is 0 Å². The van der Waals surface area contributed by atoms with E-state index in [1.54, 1.807) is 0 Å². The lowest BCUT2D eigenvalue weighted by molar-refractivity contribution is 1.67. The molecular weight excluding hydrogens is 142 g/mol. The van der Waals surface area contributed by atoms with Crippen LogP contribution in [0.25, 0.3) is 0 Å². The van der Waals surface area contributed by atoms with Crippen LogP contribution in [-0.4, -0.2) is 12.5 Å². The Hall–Kier alpha value is -0.760.